The minimum atomic E-state index is -1.16. The predicted molar refractivity (Wildman–Crippen MR) is 72.6 cm³/mol. The van der Waals surface area contributed by atoms with Crippen molar-refractivity contribution < 1.29 is 9.90 Å². The van der Waals surface area contributed by atoms with Crippen molar-refractivity contribution in [3.05, 3.63) is 33.4 Å². The second-order valence-electron chi connectivity index (χ2n) is 4.22. The fraction of sp³-hybridized carbons (Fsp3) is 0.385. The van der Waals surface area contributed by atoms with Crippen molar-refractivity contribution in [3.63, 3.8) is 0 Å². The number of aryl methyl sites for hydroxylation is 1. The van der Waals surface area contributed by atoms with Gasteiger partial charge in [0.15, 0.2) is 0 Å². The summed E-state index contributed by atoms with van der Waals surface area (Å²) in [5.74, 6) is -1.16. The predicted octanol–water partition coefficient (Wildman–Crippen LogP) is 2.95. The Kier molecular flexibility index (Phi) is 3.81. The van der Waals surface area contributed by atoms with Crippen molar-refractivity contribution in [1.29, 1.82) is 0 Å². The fourth-order valence-electron chi connectivity index (χ4n) is 1.97. The van der Waals surface area contributed by atoms with Crippen LogP contribution < -0.4 is 5.43 Å². The zero-order chi connectivity index (χ0) is 13.1. The van der Waals surface area contributed by atoms with Crippen molar-refractivity contribution in [2.75, 3.05) is 0 Å². The average molecular weight is 265 g/mol. The van der Waals surface area contributed by atoms with Crippen LogP contribution in [0, 0.1) is 0 Å². The van der Waals surface area contributed by atoms with Gasteiger partial charge in [0.05, 0.1) is 5.39 Å². The standard InChI is InChI=1S/C13H15NO3S/c1-2-3-4-6-14-8-10(13(16)17)11(15)9-5-7-18-12(9)14/h5,7-8H,2-4,6H2,1H3,(H,16,17). The van der Waals surface area contributed by atoms with Gasteiger partial charge in [0.1, 0.15) is 10.4 Å². The van der Waals surface area contributed by atoms with E-state index < -0.39 is 5.97 Å². The summed E-state index contributed by atoms with van der Waals surface area (Å²) in [4.78, 5) is 23.8. The van der Waals surface area contributed by atoms with E-state index in [1.807, 2.05) is 9.95 Å². The first kappa shape index (κ1) is 12.8. The van der Waals surface area contributed by atoms with Crippen LogP contribution in [0.2, 0.25) is 0 Å². The van der Waals surface area contributed by atoms with Gasteiger partial charge in [-0.15, -0.1) is 11.3 Å². The molecule has 0 spiro atoms. The van der Waals surface area contributed by atoms with E-state index in [1.165, 1.54) is 17.5 Å². The summed E-state index contributed by atoms with van der Waals surface area (Å²) in [6.45, 7) is 2.88. The molecule has 0 radical (unpaired) electrons. The number of unbranched alkanes of at least 4 members (excludes halogenated alkanes) is 2. The van der Waals surface area contributed by atoms with E-state index in [1.54, 1.807) is 6.07 Å². The molecular weight excluding hydrogens is 250 g/mol. The van der Waals surface area contributed by atoms with Crippen molar-refractivity contribution in [2.24, 2.45) is 0 Å². The number of hydrogen-bond acceptors (Lipinski definition) is 3. The van der Waals surface area contributed by atoms with Gasteiger partial charge in [-0.25, -0.2) is 4.79 Å². The minimum absolute atomic E-state index is 0.141. The Balaban J connectivity index is 2.51. The lowest BCUT2D eigenvalue weighted by Gasteiger charge is -2.09. The molecule has 0 bridgehead atoms. The molecule has 2 aromatic heterocycles. The van der Waals surface area contributed by atoms with Crippen molar-refractivity contribution in [2.45, 2.75) is 32.7 Å². The Morgan fingerprint density at radius 2 is 2.22 bits per heavy atom. The van der Waals surface area contributed by atoms with E-state index in [-0.39, 0.29) is 11.0 Å². The van der Waals surface area contributed by atoms with Crippen LogP contribution in [0.25, 0.3) is 10.2 Å². The molecular formula is C13H15NO3S. The highest BCUT2D eigenvalue weighted by atomic mass is 32.1. The zero-order valence-corrected chi connectivity index (χ0v) is 11.0. The van der Waals surface area contributed by atoms with Gasteiger partial charge >= 0.3 is 5.97 Å². The summed E-state index contributed by atoms with van der Waals surface area (Å²) in [6, 6.07) is 1.70. The van der Waals surface area contributed by atoms with E-state index in [0.717, 1.165) is 30.6 Å². The molecule has 0 aliphatic carbocycles. The molecule has 0 saturated carbocycles. The third-order valence-corrected chi connectivity index (χ3v) is 3.86. The summed E-state index contributed by atoms with van der Waals surface area (Å²) in [5.41, 5.74) is -0.525. The topological polar surface area (TPSA) is 59.3 Å². The van der Waals surface area contributed by atoms with Gasteiger partial charge in [0.25, 0.3) is 0 Å². The Morgan fingerprint density at radius 1 is 1.44 bits per heavy atom. The first-order chi connectivity index (χ1) is 8.65. The number of carboxylic acids is 1. The monoisotopic (exact) mass is 265 g/mol. The summed E-state index contributed by atoms with van der Waals surface area (Å²) < 4.78 is 1.89. The average Bonchev–Trinajstić information content (AvgIpc) is 2.81. The van der Waals surface area contributed by atoms with Crippen LogP contribution in [0.1, 0.15) is 36.5 Å². The lowest BCUT2D eigenvalue weighted by molar-refractivity contribution is 0.0695. The van der Waals surface area contributed by atoms with Crippen molar-refractivity contribution in [3.8, 4) is 0 Å². The molecule has 0 atom stereocenters. The van der Waals surface area contributed by atoms with E-state index in [0.29, 0.717) is 5.39 Å². The van der Waals surface area contributed by atoms with Gasteiger partial charge < -0.3 is 9.67 Å². The molecule has 1 N–H and O–H groups in total. The van der Waals surface area contributed by atoms with Crippen molar-refractivity contribution in [1.82, 2.24) is 4.57 Å². The molecule has 4 nitrogen and oxygen atoms in total. The van der Waals surface area contributed by atoms with E-state index in [2.05, 4.69) is 6.92 Å². The fourth-order valence-corrected chi connectivity index (χ4v) is 2.87. The van der Waals surface area contributed by atoms with E-state index in [9.17, 15) is 9.59 Å². The molecule has 0 aliphatic rings. The lowest BCUT2D eigenvalue weighted by atomic mass is 10.2. The molecule has 2 aromatic rings. The van der Waals surface area contributed by atoms with Gasteiger partial charge in [-0.3, -0.25) is 4.79 Å². The Morgan fingerprint density at radius 3 is 2.89 bits per heavy atom. The number of rotatable bonds is 5. The van der Waals surface area contributed by atoms with Crippen LogP contribution in [0.15, 0.2) is 22.4 Å². The van der Waals surface area contributed by atoms with Gasteiger partial charge in [-0.2, -0.15) is 0 Å². The highest BCUT2D eigenvalue weighted by molar-refractivity contribution is 7.16. The van der Waals surface area contributed by atoms with E-state index in [4.69, 9.17) is 5.11 Å². The first-order valence-electron chi connectivity index (χ1n) is 5.99. The first-order valence-corrected chi connectivity index (χ1v) is 6.87. The molecule has 0 amide bonds. The van der Waals surface area contributed by atoms with Crippen molar-refractivity contribution >= 4 is 27.5 Å². The number of nitrogens with zero attached hydrogens (tertiary/aromatic N) is 1. The maximum atomic E-state index is 11.9. The summed E-state index contributed by atoms with van der Waals surface area (Å²) in [5, 5.41) is 11.4. The number of fused-ring (bicyclic) bond motifs is 1. The number of pyridine rings is 1. The molecule has 2 heterocycles. The summed E-state index contributed by atoms with van der Waals surface area (Å²) >= 11 is 1.48. The largest absolute Gasteiger partial charge is 0.477 e. The van der Waals surface area contributed by atoms with E-state index >= 15 is 0 Å². The second-order valence-corrected chi connectivity index (χ2v) is 5.11. The van der Waals surface area contributed by atoms with Crippen LogP contribution >= 0.6 is 11.3 Å². The second kappa shape index (κ2) is 5.35. The van der Waals surface area contributed by atoms with Crippen LogP contribution in [0.4, 0.5) is 0 Å². The number of hydrogen-bond donors (Lipinski definition) is 1. The zero-order valence-electron chi connectivity index (χ0n) is 10.2. The summed E-state index contributed by atoms with van der Waals surface area (Å²) in [7, 11) is 0. The van der Waals surface area contributed by atoms with Gasteiger partial charge in [0.2, 0.25) is 5.43 Å². The Labute approximate surface area is 108 Å². The van der Waals surface area contributed by atoms with Crippen LogP contribution in [-0.4, -0.2) is 15.6 Å². The normalized spacial score (nSPS) is 10.9. The molecule has 0 saturated heterocycles. The molecule has 18 heavy (non-hydrogen) atoms. The van der Waals surface area contributed by atoms with Crippen LogP contribution in [-0.2, 0) is 6.54 Å². The Hall–Kier alpha value is -1.62. The maximum Gasteiger partial charge on any atom is 0.341 e. The number of carbonyl (C=O) groups is 1. The minimum Gasteiger partial charge on any atom is -0.477 e. The third kappa shape index (κ3) is 2.31. The lowest BCUT2D eigenvalue weighted by Crippen LogP contribution is -2.18. The van der Waals surface area contributed by atoms with Gasteiger partial charge in [-0.05, 0) is 17.9 Å². The molecule has 0 aliphatic heterocycles. The van der Waals surface area contributed by atoms with Gasteiger partial charge in [-0.1, -0.05) is 19.8 Å². The number of aromatic nitrogens is 1. The number of carboxylic acid groups (broad SMARTS) is 1. The smallest absolute Gasteiger partial charge is 0.341 e. The molecule has 0 aromatic carbocycles. The molecule has 0 fully saturated rings. The number of thiophene rings is 1. The molecule has 2 rings (SSSR count). The van der Waals surface area contributed by atoms with Crippen LogP contribution in [0.5, 0.6) is 0 Å². The highest BCUT2D eigenvalue weighted by Gasteiger charge is 2.14. The maximum absolute atomic E-state index is 11.9. The number of aromatic carboxylic acids is 1. The molecule has 0 unspecified atom stereocenters. The molecule has 96 valence electrons. The third-order valence-electron chi connectivity index (χ3n) is 2.91. The van der Waals surface area contributed by atoms with Crippen LogP contribution in [0.3, 0.4) is 0 Å². The summed E-state index contributed by atoms with van der Waals surface area (Å²) in [6.07, 6.45) is 4.67. The quantitative estimate of drug-likeness (QED) is 0.845. The molecule has 5 heteroatoms. The highest BCUT2D eigenvalue weighted by Crippen LogP contribution is 2.19. The SMILES string of the molecule is CCCCCn1cc(C(=O)O)c(=O)c2ccsc21. The van der Waals surface area contributed by atoms with Gasteiger partial charge in [0, 0.05) is 12.7 Å². The Bertz CT molecular complexity index is 627.